The van der Waals surface area contributed by atoms with Crippen molar-refractivity contribution in [1.29, 1.82) is 0 Å². The van der Waals surface area contributed by atoms with Gasteiger partial charge in [-0.2, -0.15) is 0 Å². The van der Waals surface area contributed by atoms with Crippen LogP contribution < -0.4 is 5.32 Å². The summed E-state index contributed by atoms with van der Waals surface area (Å²) < 4.78 is 0. The molecular formula is C31H41N5O2. The Morgan fingerprint density at radius 1 is 0.868 bits per heavy atom. The molecule has 3 aromatic carbocycles. The highest BCUT2D eigenvalue weighted by molar-refractivity contribution is 6.22. The van der Waals surface area contributed by atoms with E-state index in [4.69, 9.17) is 4.99 Å². The number of aliphatic imine (C=N–C) groups is 1. The number of phenols is 2. The summed E-state index contributed by atoms with van der Waals surface area (Å²) in [6.07, 6.45) is 5.42. The molecule has 0 fully saturated rings. The third kappa shape index (κ3) is 5.69. The third-order valence-corrected chi connectivity index (χ3v) is 7.48. The lowest BCUT2D eigenvalue weighted by Crippen LogP contribution is -2.25. The Morgan fingerprint density at radius 2 is 1.55 bits per heavy atom. The lowest BCUT2D eigenvalue weighted by atomic mass is 9.97. The number of hydrogen-bond acceptors (Lipinski definition) is 7. The average molecular weight is 516 g/mol. The number of hydrogen-bond donors (Lipinski definition) is 3. The molecule has 4 aromatic rings. The highest BCUT2D eigenvalue weighted by Crippen LogP contribution is 2.49. The van der Waals surface area contributed by atoms with Gasteiger partial charge in [0.15, 0.2) is 0 Å². The van der Waals surface area contributed by atoms with Crippen molar-refractivity contribution < 1.29 is 10.2 Å². The van der Waals surface area contributed by atoms with Crippen molar-refractivity contribution in [2.24, 2.45) is 4.99 Å². The van der Waals surface area contributed by atoms with E-state index in [1.807, 2.05) is 42.6 Å². The summed E-state index contributed by atoms with van der Waals surface area (Å²) in [5.74, 6) is 0.225. The first-order chi connectivity index (χ1) is 18.5. The number of anilines is 1. The molecule has 0 atom stereocenters. The highest BCUT2D eigenvalue weighted by atomic mass is 16.3. The zero-order valence-electron chi connectivity index (χ0n) is 23.2. The molecule has 0 unspecified atom stereocenters. The number of rotatable bonds is 13. The molecule has 202 valence electrons. The van der Waals surface area contributed by atoms with Gasteiger partial charge >= 0.3 is 0 Å². The summed E-state index contributed by atoms with van der Waals surface area (Å²) in [5.41, 5.74) is 1.98. The van der Waals surface area contributed by atoms with E-state index in [2.05, 4.69) is 47.8 Å². The molecule has 4 rings (SSSR count). The molecule has 3 N–H and O–H groups in total. The number of aromatic hydroxyl groups is 2. The van der Waals surface area contributed by atoms with Gasteiger partial charge in [0.1, 0.15) is 22.7 Å². The first-order valence-corrected chi connectivity index (χ1v) is 13.9. The van der Waals surface area contributed by atoms with E-state index in [0.717, 1.165) is 75.1 Å². The number of phenolic OH excluding ortho intramolecular Hbond substituents is 2. The predicted octanol–water partition coefficient (Wildman–Crippen LogP) is 6.53. The summed E-state index contributed by atoms with van der Waals surface area (Å²) in [7, 11) is 0. The minimum atomic E-state index is 0.109. The van der Waals surface area contributed by atoms with Gasteiger partial charge in [-0.15, -0.1) is 0 Å². The van der Waals surface area contributed by atoms with E-state index >= 15 is 0 Å². The fraction of sp³-hybridized carbons (Fsp3) is 0.419. The monoisotopic (exact) mass is 515 g/mol. The Hall–Kier alpha value is -3.42. The van der Waals surface area contributed by atoms with E-state index in [0.29, 0.717) is 27.4 Å². The van der Waals surface area contributed by atoms with Gasteiger partial charge in [-0.1, -0.05) is 52.0 Å². The number of nitrogens with zero attached hydrogens (tertiary/aromatic N) is 4. The van der Waals surface area contributed by atoms with E-state index in [1.54, 1.807) is 6.20 Å². The minimum absolute atomic E-state index is 0.109. The molecule has 0 bridgehead atoms. The second-order valence-corrected chi connectivity index (χ2v) is 9.58. The molecule has 1 heterocycles. The Morgan fingerprint density at radius 3 is 2.29 bits per heavy atom. The Balaban J connectivity index is 1.82. The molecule has 38 heavy (non-hydrogen) atoms. The summed E-state index contributed by atoms with van der Waals surface area (Å²) >= 11 is 0. The fourth-order valence-electron chi connectivity index (χ4n) is 5.16. The Labute approximate surface area is 225 Å². The number of pyridine rings is 1. The molecule has 0 aliphatic carbocycles. The van der Waals surface area contributed by atoms with Crippen molar-refractivity contribution in [1.82, 2.24) is 14.8 Å². The number of fused-ring (bicyclic) bond motifs is 3. The maximum absolute atomic E-state index is 11.6. The molecular weight excluding hydrogens is 474 g/mol. The molecule has 0 radical (unpaired) electrons. The molecule has 7 heteroatoms. The molecule has 0 saturated carbocycles. The summed E-state index contributed by atoms with van der Waals surface area (Å²) in [6.45, 7) is 15.4. The van der Waals surface area contributed by atoms with Crippen LogP contribution in [0.3, 0.4) is 0 Å². The molecule has 0 amide bonds. The number of nitrogens with one attached hydrogen (secondary N) is 1. The van der Waals surface area contributed by atoms with Crippen molar-refractivity contribution in [2.75, 3.05) is 51.1 Å². The van der Waals surface area contributed by atoms with Crippen LogP contribution in [0.1, 0.15) is 40.5 Å². The molecule has 7 nitrogen and oxygen atoms in total. The van der Waals surface area contributed by atoms with Crippen molar-refractivity contribution in [3.05, 3.63) is 42.6 Å². The van der Waals surface area contributed by atoms with E-state index in [9.17, 15) is 10.2 Å². The Kier molecular flexibility index (Phi) is 9.37. The van der Waals surface area contributed by atoms with Gasteiger partial charge in [0.05, 0.1) is 10.8 Å². The minimum Gasteiger partial charge on any atom is -0.507 e. The van der Waals surface area contributed by atoms with Gasteiger partial charge in [-0.3, -0.25) is 9.98 Å². The van der Waals surface area contributed by atoms with Crippen LogP contribution in [0, 0.1) is 0 Å². The van der Waals surface area contributed by atoms with Gasteiger partial charge in [0, 0.05) is 42.0 Å². The molecule has 0 aliphatic rings. The molecule has 0 spiro atoms. The van der Waals surface area contributed by atoms with Crippen LogP contribution >= 0.6 is 0 Å². The molecule has 0 aliphatic heterocycles. The van der Waals surface area contributed by atoms with Crippen molar-refractivity contribution >= 4 is 50.0 Å². The average Bonchev–Trinajstić information content (AvgIpc) is 2.95. The quantitative estimate of drug-likeness (QED) is 0.107. The van der Waals surface area contributed by atoms with Crippen LogP contribution in [0.4, 0.5) is 11.4 Å². The summed E-state index contributed by atoms with van der Waals surface area (Å²) in [4.78, 5) is 14.3. The van der Waals surface area contributed by atoms with Gasteiger partial charge in [-0.25, -0.2) is 0 Å². The second kappa shape index (κ2) is 12.9. The van der Waals surface area contributed by atoms with E-state index in [1.165, 1.54) is 0 Å². The number of benzene rings is 3. The molecule has 0 saturated heterocycles. The zero-order chi connectivity index (χ0) is 27.1. The zero-order valence-corrected chi connectivity index (χ0v) is 23.2. The van der Waals surface area contributed by atoms with Gasteiger partial charge in [-0.05, 0) is 63.1 Å². The predicted molar refractivity (Wildman–Crippen MR) is 162 cm³/mol. The van der Waals surface area contributed by atoms with Crippen molar-refractivity contribution in [3.8, 4) is 11.5 Å². The van der Waals surface area contributed by atoms with Crippen LogP contribution in [0.15, 0.2) is 47.6 Å². The summed E-state index contributed by atoms with van der Waals surface area (Å²) in [5, 5.41) is 29.8. The topological polar surface area (TPSA) is 84.2 Å². The van der Waals surface area contributed by atoms with E-state index < -0.39 is 0 Å². The standard InChI is InChI=1S/C31H41N5O2/c1-5-35(6-2)19-11-16-32-25-15-18-34-29-27(25)31(38)24-21-22-13-9-10-14-23(22)30(37)26(24)28(29)33-17-12-20-36(7-3)8-4/h9-10,13-15,17-18,21,37-38H,5-8,11-12,16,19-20H2,1-4H3,(H,32,34). The first kappa shape index (κ1) is 27.6. The van der Waals surface area contributed by atoms with Crippen LogP contribution in [0.2, 0.25) is 0 Å². The lowest BCUT2D eigenvalue weighted by Gasteiger charge is -2.19. The smallest absolute Gasteiger partial charge is 0.135 e. The van der Waals surface area contributed by atoms with E-state index in [-0.39, 0.29) is 11.5 Å². The van der Waals surface area contributed by atoms with Gasteiger partial charge < -0.3 is 25.3 Å². The third-order valence-electron chi connectivity index (χ3n) is 7.48. The van der Waals surface area contributed by atoms with Crippen LogP contribution in [0.5, 0.6) is 11.5 Å². The maximum Gasteiger partial charge on any atom is 0.135 e. The largest absolute Gasteiger partial charge is 0.507 e. The highest BCUT2D eigenvalue weighted by Gasteiger charge is 2.21. The normalized spacial score (nSPS) is 12.2. The van der Waals surface area contributed by atoms with Crippen LogP contribution in [-0.2, 0) is 0 Å². The Bertz CT molecular complexity index is 1410. The van der Waals surface area contributed by atoms with Crippen LogP contribution in [0.25, 0.3) is 32.4 Å². The van der Waals surface area contributed by atoms with Crippen molar-refractivity contribution in [3.63, 3.8) is 0 Å². The fourth-order valence-corrected chi connectivity index (χ4v) is 5.16. The van der Waals surface area contributed by atoms with Crippen LogP contribution in [-0.4, -0.2) is 77.0 Å². The maximum atomic E-state index is 11.6. The van der Waals surface area contributed by atoms with Gasteiger partial charge in [0.25, 0.3) is 0 Å². The number of aromatic nitrogens is 1. The molecule has 1 aromatic heterocycles. The SMILES string of the molecule is CCN(CC)CCC=Nc1c2nccc(NCCCN(CC)CC)c2c(O)c2cc3ccccc3c(O)c12. The second-order valence-electron chi connectivity index (χ2n) is 9.58. The lowest BCUT2D eigenvalue weighted by molar-refractivity contribution is 0.303. The van der Waals surface area contributed by atoms with Crippen molar-refractivity contribution in [2.45, 2.75) is 40.5 Å². The summed E-state index contributed by atoms with van der Waals surface area (Å²) in [6, 6.07) is 11.5. The first-order valence-electron chi connectivity index (χ1n) is 13.9. The van der Waals surface area contributed by atoms with Gasteiger partial charge in [0.2, 0.25) is 0 Å².